The second-order valence-corrected chi connectivity index (χ2v) is 7.23. The van der Waals surface area contributed by atoms with Gasteiger partial charge in [-0.15, -0.1) is 5.10 Å². The lowest BCUT2D eigenvalue weighted by molar-refractivity contribution is 0.0886. The molecule has 1 aliphatic heterocycles. The van der Waals surface area contributed by atoms with Gasteiger partial charge in [-0.1, -0.05) is 5.21 Å². The summed E-state index contributed by atoms with van der Waals surface area (Å²) in [6.45, 7) is 10.6. The Morgan fingerprint density at radius 1 is 1.25 bits per heavy atom. The molecule has 1 aromatic heterocycles. The Morgan fingerprint density at radius 2 is 2.04 bits per heavy atom. The summed E-state index contributed by atoms with van der Waals surface area (Å²) in [7, 11) is 0. The molecule has 130 valence electrons. The van der Waals surface area contributed by atoms with Crippen LogP contribution < -0.4 is 5.32 Å². The topological polar surface area (TPSA) is 63.1 Å². The van der Waals surface area contributed by atoms with Crippen molar-refractivity contribution in [1.82, 2.24) is 25.2 Å². The van der Waals surface area contributed by atoms with Gasteiger partial charge >= 0.3 is 0 Å². The van der Waals surface area contributed by atoms with E-state index in [0.717, 1.165) is 37.0 Å². The zero-order valence-electron chi connectivity index (χ0n) is 15.0. The van der Waals surface area contributed by atoms with E-state index in [2.05, 4.69) is 48.2 Å². The summed E-state index contributed by atoms with van der Waals surface area (Å²) in [4.78, 5) is 15.0. The summed E-state index contributed by atoms with van der Waals surface area (Å²) < 4.78 is 1.87. The van der Waals surface area contributed by atoms with Crippen molar-refractivity contribution < 1.29 is 4.79 Å². The third kappa shape index (κ3) is 3.43. The Morgan fingerprint density at radius 3 is 2.75 bits per heavy atom. The number of carbonyl (C=O) groups excluding carboxylic acids is 1. The predicted octanol–water partition coefficient (Wildman–Crippen LogP) is 2.61. The number of rotatable bonds is 4. The van der Waals surface area contributed by atoms with Crippen molar-refractivity contribution in [1.29, 1.82) is 0 Å². The molecular formula is C18H27N5O. The molecule has 0 saturated carbocycles. The van der Waals surface area contributed by atoms with Crippen molar-refractivity contribution in [2.75, 3.05) is 13.1 Å². The van der Waals surface area contributed by atoms with Gasteiger partial charge in [0.25, 0.3) is 5.91 Å². The highest BCUT2D eigenvalue weighted by Crippen LogP contribution is 2.18. The van der Waals surface area contributed by atoms with Crippen molar-refractivity contribution in [3.8, 4) is 0 Å². The first kappa shape index (κ1) is 16.9. The largest absolute Gasteiger partial charge is 0.348 e. The van der Waals surface area contributed by atoms with Gasteiger partial charge in [0.15, 0.2) is 0 Å². The third-order valence-electron chi connectivity index (χ3n) is 4.74. The van der Waals surface area contributed by atoms with E-state index in [0.29, 0.717) is 11.6 Å². The minimum atomic E-state index is -0.0217. The highest BCUT2D eigenvalue weighted by Gasteiger charge is 2.23. The van der Waals surface area contributed by atoms with E-state index < -0.39 is 0 Å². The lowest BCUT2D eigenvalue weighted by atomic mass is 10.0. The Bertz CT molecular complexity index is 721. The van der Waals surface area contributed by atoms with Gasteiger partial charge in [-0.05, 0) is 65.3 Å². The molecule has 0 spiro atoms. The highest BCUT2D eigenvalue weighted by atomic mass is 16.1. The van der Waals surface area contributed by atoms with Crippen molar-refractivity contribution in [2.24, 2.45) is 0 Å². The number of amides is 1. The standard InChI is InChI=1S/C18H27N5O/c1-12(2)22-9-5-6-15(11-22)19-18(24)14-7-8-17-16(10-14)20-21-23(17)13(3)4/h7-8,10,12-13,15H,5-6,9,11H2,1-4H3,(H,19,24)/t15-/m1/s1. The van der Waals surface area contributed by atoms with Crippen LogP contribution in [0.5, 0.6) is 0 Å². The van der Waals surface area contributed by atoms with Crippen LogP contribution in [0, 0.1) is 0 Å². The van der Waals surface area contributed by atoms with Gasteiger partial charge in [0.05, 0.1) is 5.52 Å². The van der Waals surface area contributed by atoms with Gasteiger partial charge in [0.1, 0.15) is 5.52 Å². The van der Waals surface area contributed by atoms with Crippen LogP contribution in [0.25, 0.3) is 11.0 Å². The number of hydrogen-bond donors (Lipinski definition) is 1. The summed E-state index contributed by atoms with van der Waals surface area (Å²) in [5, 5.41) is 11.5. The van der Waals surface area contributed by atoms with Crippen LogP contribution in [0.15, 0.2) is 18.2 Å². The molecule has 1 aliphatic rings. The van der Waals surface area contributed by atoms with E-state index in [4.69, 9.17) is 0 Å². The maximum Gasteiger partial charge on any atom is 0.251 e. The molecule has 0 bridgehead atoms. The first-order valence-corrected chi connectivity index (χ1v) is 8.85. The smallest absolute Gasteiger partial charge is 0.251 e. The number of aromatic nitrogens is 3. The maximum atomic E-state index is 12.6. The van der Waals surface area contributed by atoms with Crippen LogP contribution in [0.3, 0.4) is 0 Å². The third-order valence-corrected chi connectivity index (χ3v) is 4.74. The molecule has 0 aliphatic carbocycles. The molecule has 1 atom stereocenters. The van der Waals surface area contributed by atoms with Crippen molar-refractivity contribution in [3.05, 3.63) is 23.8 Å². The van der Waals surface area contributed by atoms with E-state index in [-0.39, 0.29) is 18.0 Å². The molecule has 6 heteroatoms. The number of fused-ring (bicyclic) bond motifs is 1. The van der Waals surface area contributed by atoms with E-state index in [9.17, 15) is 4.79 Å². The average molecular weight is 329 g/mol. The van der Waals surface area contributed by atoms with Crippen molar-refractivity contribution in [3.63, 3.8) is 0 Å². The number of nitrogens with zero attached hydrogens (tertiary/aromatic N) is 4. The first-order chi connectivity index (χ1) is 11.5. The van der Waals surface area contributed by atoms with E-state index in [1.807, 2.05) is 22.9 Å². The quantitative estimate of drug-likeness (QED) is 0.936. The molecule has 1 aromatic carbocycles. The van der Waals surface area contributed by atoms with Crippen LogP contribution >= 0.6 is 0 Å². The lowest BCUT2D eigenvalue weighted by Gasteiger charge is -2.35. The van der Waals surface area contributed by atoms with Gasteiger partial charge in [0, 0.05) is 30.2 Å². The van der Waals surface area contributed by atoms with Crippen LogP contribution in [0.2, 0.25) is 0 Å². The second kappa shape index (κ2) is 6.89. The number of piperidine rings is 1. The molecule has 2 aromatic rings. The fourth-order valence-electron chi connectivity index (χ4n) is 3.33. The molecule has 6 nitrogen and oxygen atoms in total. The minimum absolute atomic E-state index is 0.0217. The maximum absolute atomic E-state index is 12.6. The number of likely N-dealkylation sites (tertiary alicyclic amines) is 1. The van der Waals surface area contributed by atoms with Crippen LogP contribution in [-0.2, 0) is 0 Å². The van der Waals surface area contributed by atoms with Crippen LogP contribution in [0.1, 0.15) is 56.9 Å². The van der Waals surface area contributed by atoms with Crippen molar-refractivity contribution >= 4 is 16.9 Å². The summed E-state index contributed by atoms with van der Waals surface area (Å²) in [5.74, 6) is -0.0217. The molecule has 1 saturated heterocycles. The zero-order chi connectivity index (χ0) is 17.3. The minimum Gasteiger partial charge on any atom is -0.348 e. The summed E-state index contributed by atoms with van der Waals surface area (Å²) in [6.07, 6.45) is 2.17. The monoisotopic (exact) mass is 329 g/mol. The van der Waals surface area contributed by atoms with Gasteiger partial charge in [-0.2, -0.15) is 0 Å². The lowest BCUT2D eigenvalue weighted by Crippen LogP contribution is -2.49. The fourth-order valence-corrected chi connectivity index (χ4v) is 3.33. The Kier molecular flexibility index (Phi) is 4.85. The number of hydrogen-bond acceptors (Lipinski definition) is 4. The highest BCUT2D eigenvalue weighted by molar-refractivity contribution is 5.97. The van der Waals surface area contributed by atoms with Gasteiger partial charge in [-0.3, -0.25) is 9.69 Å². The normalized spacial score (nSPS) is 19.3. The molecule has 2 heterocycles. The first-order valence-electron chi connectivity index (χ1n) is 8.85. The Hall–Kier alpha value is -1.95. The molecule has 24 heavy (non-hydrogen) atoms. The van der Waals surface area contributed by atoms with Gasteiger partial charge in [0.2, 0.25) is 0 Å². The zero-order valence-corrected chi connectivity index (χ0v) is 15.0. The molecule has 1 N–H and O–H groups in total. The molecule has 0 radical (unpaired) electrons. The Balaban J connectivity index is 1.72. The molecule has 1 fully saturated rings. The summed E-state index contributed by atoms with van der Waals surface area (Å²) >= 11 is 0. The van der Waals surface area contributed by atoms with Crippen molar-refractivity contribution in [2.45, 2.75) is 58.7 Å². The van der Waals surface area contributed by atoms with Gasteiger partial charge in [-0.25, -0.2) is 4.68 Å². The van der Waals surface area contributed by atoms with Gasteiger partial charge < -0.3 is 5.32 Å². The molecular weight excluding hydrogens is 302 g/mol. The van der Waals surface area contributed by atoms with E-state index in [1.54, 1.807) is 0 Å². The van der Waals surface area contributed by atoms with E-state index >= 15 is 0 Å². The second-order valence-electron chi connectivity index (χ2n) is 7.23. The van der Waals surface area contributed by atoms with Crippen LogP contribution in [0.4, 0.5) is 0 Å². The Labute approximate surface area is 143 Å². The predicted molar refractivity (Wildman–Crippen MR) is 95.1 cm³/mol. The van der Waals surface area contributed by atoms with Crippen LogP contribution in [-0.4, -0.2) is 51.0 Å². The molecule has 1 amide bonds. The number of benzene rings is 1. The summed E-state index contributed by atoms with van der Waals surface area (Å²) in [5.41, 5.74) is 2.38. The average Bonchev–Trinajstić information content (AvgIpc) is 2.98. The SMILES string of the molecule is CC(C)N1CCC[C@@H](NC(=O)c2ccc3c(c2)nnn3C(C)C)C1. The fraction of sp³-hybridized carbons (Fsp3) is 0.611. The molecule has 3 rings (SSSR count). The number of nitrogens with one attached hydrogen (secondary N) is 1. The number of carbonyl (C=O) groups is 1. The molecule has 0 unspecified atom stereocenters. The van der Waals surface area contributed by atoms with E-state index in [1.165, 1.54) is 0 Å². The summed E-state index contributed by atoms with van der Waals surface area (Å²) in [6, 6.07) is 6.62.